The summed E-state index contributed by atoms with van der Waals surface area (Å²) in [5, 5.41) is 13.5. The fraction of sp³-hybridized carbons (Fsp3) is 0.286. The molecule has 2 aliphatic rings. The molecule has 3 atom stereocenters. The van der Waals surface area contributed by atoms with Gasteiger partial charge in [0, 0.05) is 27.9 Å². The number of nitriles is 1. The normalized spacial score (nSPS) is 25.0. The average molecular weight is 440 g/mol. The predicted octanol–water partition coefficient (Wildman–Crippen LogP) is 4.42. The predicted molar refractivity (Wildman–Crippen MR) is 111 cm³/mol. The molecule has 2 aromatic carbocycles. The van der Waals surface area contributed by atoms with Crippen molar-refractivity contribution in [2.75, 3.05) is 6.54 Å². The van der Waals surface area contributed by atoms with Crippen LogP contribution in [0.2, 0.25) is 10.0 Å². The minimum absolute atomic E-state index is 0.176. The molecule has 0 saturated carbocycles. The van der Waals surface area contributed by atoms with Gasteiger partial charge in [0.15, 0.2) is 5.78 Å². The van der Waals surface area contributed by atoms with E-state index in [1.807, 2.05) is 0 Å². The molecule has 0 bridgehead atoms. The second-order valence-corrected chi connectivity index (χ2v) is 8.40. The maximum absolute atomic E-state index is 13.7. The number of azide groups is 1. The molecule has 2 heterocycles. The highest BCUT2D eigenvalue weighted by atomic mass is 35.5. The van der Waals surface area contributed by atoms with E-state index in [1.54, 1.807) is 42.5 Å². The fourth-order valence-electron chi connectivity index (χ4n) is 4.50. The highest BCUT2D eigenvalue weighted by Gasteiger charge is 2.62. The summed E-state index contributed by atoms with van der Waals surface area (Å²) in [5.74, 6) is -1.61. The van der Waals surface area contributed by atoms with E-state index in [0.717, 1.165) is 5.56 Å². The first-order valence-electron chi connectivity index (χ1n) is 9.23. The van der Waals surface area contributed by atoms with Gasteiger partial charge < -0.3 is 4.90 Å². The number of halogens is 2. The van der Waals surface area contributed by atoms with Crippen LogP contribution in [-0.4, -0.2) is 34.7 Å². The Hall–Kier alpha value is -3.04. The number of hydrogen-bond acceptors (Lipinski definition) is 4. The van der Waals surface area contributed by atoms with E-state index < -0.39 is 17.5 Å². The van der Waals surface area contributed by atoms with Gasteiger partial charge in [-0.15, -0.1) is 0 Å². The molecule has 0 N–H and O–H groups in total. The fourth-order valence-corrected chi connectivity index (χ4v) is 5.04. The van der Waals surface area contributed by atoms with Gasteiger partial charge in [-0.2, -0.15) is 5.26 Å². The number of benzene rings is 2. The Morgan fingerprint density at radius 1 is 1.20 bits per heavy atom. The minimum Gasteiger partial charge on any atom is -0.328 e. The van der Waals surface area contributed by atoms with Gasteiger partial charge in [-0.25, -0.2) is 0 Å². The van der Waals surface area contributed by atoms with Crippen molar-refractivity contribution in [1.82, 2.24) is 4.90 Å². The van der Waals surface area contributed by atoms with Crippen LogP contribution >= 0.6 is 23.2 Å². The Labute approximate surface area is 182 Å². The Morgan fingerprint density at radius 3 is 2.47 bits per heavy atom. The Balaban J connectivity index is 1.77. The Morgan fingerprint density at radius 2 is 1.87 bits per heavy atom. The van der Waals surface area contributed by atoms with Crippen molar-refractivity contribution in [3.05, 3.63) is 79.6 Å². The summed E-state index contributed by atoms with van der Waals surface area (Å²) >= 11 is 12.2. The number of Topliss-reactive ketones (excluding diaryl/α,β-unsaturated/α-hetero) is 1. The molecule has 9 heteroatoms. The summed E-state index contributed by atoms with van der Waals surface area (Å²) in [6.45, 7) is 0.176. The second kappa shape index (κ2) is 7.66. The monoisotopic (exact) mass is 439 g/mol. The number of amides is 1. The summed E-state index contributed by atoms with van der Waals surface area (Å²) in [4.78, 5) is 31.4. The molecule has 0 aromatic heterocycles. The van der Waals surface area contributed by atoms with Crippen molar-refractivity contribution in [2.24, 2.45) is 5.11 Å². The van der Waals surface area contributed by atoms with Crippen LogP contribution in [0.5, 0.6) is 0 Å². The molecule has 0 radical (unpaired) electrons. The van der Waals surface area contributed by atoms with Crippen molar-refractivity contribution < 1.29 is 9.59 Å². The highest BCUT2D eigenvalue weighted by Crippen LogP contribution is 2.47. The average Bonchev–Trinajstić information content (AvgIpc) is 3.15. The quantitative estimate of drug-likeness (QED) is 0.304. The molecule has 2 aromatic rings. The Bertz CT molecular complexity index is 1120. The van der Waals surface area contributed by atoms with Gasteiger partial charge in [0.1, 0.15) is 11.5 Å². The van der Waals surface area contributed by atoms with E-state index in [0.29, 0.717) is 21.2 Å². The summed E-state index contributed by atoms with van der Waals surface area (Å²) in [6, 6.07) is 13.2. The first-order chi connectivity index (χ1) is 14.4. The lowest BCUT2D eigenvalue weighted by atomic mass is 9.80. The molecule has 2 aliphatic heterocycles. The molecule has 30 heavy (non-hydrogen) atoms. The van der Waals surface area contributed by atoms with E-state index >= 15 is 0 Å². The van der Waals surface area contributed by atoms with Crippen LogP contribution in [0.15, 0.2) is 47.6 Å². The zero-order chi connectivity index (χ0) is 21.5. The first kappa shape index (κ1) is 20.2. The van der Waals surface area contributed by atoms with Crippen LogP contribution in [0.25, 0.3) is 10.4 Å². The van der Waals surface area contributed by atoms with Crippen molar-refractivity contribution >= 4 is 34.9 Å². The number of hydrogen-bond donors (Lipinski definition) is 0. The maximum atomic E-state index is 13.7. The van der Waals surface area contributed by atoms with E-state index in [2.05, 4.69) is 16.1 Å². The summed E-state index contributed by atoms with van der Waals surface area (Å²) < 4.78 is 0. The van der Waals surface area contributed by atoms with E-state index in [9.17, 15) is 9.59 Å². The van der Waals surface area contributed by atoms with Gasteiger partial charge in [0.25, 0.3) is 0 Å². The van der Waals surface area contributed by atoms with Gasteiger partial charge in [0.2, 0.25) is 5.91 Å². The molecule has 4 rings (SSSR count). The Kier molecular flexibility index (Phi) is 5.17. The summed E-state index contributed by atoms with van der Waals surface area (Å²) in [6.07, 6.45) is 0.512. The topological polar surface area (TPSA) is 110 Å². The number of carbonyl (C=O) groups is 2. The van der Waals surface area contributed by atoms with E-state index in [1.165, 1.54) is 4.90 Å². The van der Waals surface area contributed by atoms with Gasteiger partial charge in [-0.1, -0.05) is 40.4 Å². The number of fused-ring (bicyclic) bond motifs is 1. The zero-order valence-corrected chi connectivity index (χ0v) is 17.1. The van der Waals surface area contributed by atoms with Gasteiger partial charge >= 0.3 is 0 Å². The molecular formula is C21H15Cl2N5O2. The SMILES string of the molecule is N#Cc1ccc(CC23CC(N=[N+]=[N-])CN2C(=O)C(c2cc(Cl)cc(Cl)c2)C3=O)cc1. The smallest absolute Gasteiger partial charge is 0.238 e. The first-order valence-corrected chi connectivity index (χ1v) is 9.98. The molecular weight excluding hydrogens is 425 g/mol. The van der Waals surface area contributed by atoms with Crippen molar-refractivity contribution in [1.29, 1.82) is 5.26 Å². The van der Waals surface area contributed by atoms with Crippen LogP contribution in [0.4, 0.5) is 0 Å². The minimum atomic E-state index is -1.12. The molecule has 0 spiro atoms. The van der Waals surface area contributed by atoms with Gasteiger partial charge in [0.05, 0.1) is 17.7 Å². The number of carbonyl (C=O) groups excluding carboxylic acids is 2. The standard InChI is InChI=1S/C21H15Cl2N5O2/c22-15-5-14(6-16(23)7-15)18-19(29)21(8-12-1-3-13(10-24)4-2-12)9-17(26-27-25)11-28(21)20(18)30/h1-7,17-18H,8-9,11H2. The van der Waals surface area contributed by atoms with Gasteiger partial charge in [-0.05, 0) is 53.4 Å². The maximum Gasteiger partial charge on any atom is 0.238 e. The summed E-state index contributed by atoms with van der Waals surface area (Å²) in [7, 11) is 0. The van der Waals surface area contributed by atoms with Crippen molar-refractivity contribution in [3.63, 3.8) is 0 Å². The third-order valence-corrected chi connectivity index (χ3v) is 6.17. The van der Waals surface area contributed by atoms with Crippen LogP contribution in [0, 0.1) is 11.3 Å². The van der Waals surface area contributed by atoms with E-state index in [-0.39, 0.29) is 31.1 Å². The molecule has 150 valence electrons. The number of ketones is 1. The van der Waals surface area contributed by atoms with Gasteiger partial charge in [-0.3, -0.25) is 9.59 Å². The van der Waals surface area contributed by atoms with Crippen molar-refractivity contribution in [3.8, 4) is 6.07 Å². The molecule has 2 fully saturated rings. The molecule has 7 nitrogen and oxygen atoms in total. The summed E-state index contributed by atoms with van der Waals surface area (Å²) in [5.41, 5.74) is 9.51. The number of nitrogens with zero attached hydrogens (tertiary/aromatic N) is 5. The second-order valence-electron chi connectivity index (χ2n) is 7.53. The van der Waals surface area contributed by atoms with Crippen LogP contribution in [0.3, 0.4) is 0 Å². The highest BCUT2D eigenvalue weighted by molar-refractivity contribution is 6.35. The third kappa shape index (κ3) is 3.29. The van der Waals surface area contributed by atoms with Crippen molar-refractivity contribution in [2.45, 2.75) is 30.3 Å². The molecule has 3 unspecified atom stereocenters. The lowest BCUT2D eigenvalue weighted by Gasteiger charge is -2.30. The third-order valence-electron chi connectivity index (χ3n) is 5.73. The lowest BCUT2D eigenvalue weighted by molar-refractivity contribution is -0.130. The zero-order valence-electron chi connectivity index (χ0n) is 15.6. The lowest BCUT2D eigenvalue weighted by Crippen LogP contribution is -2.46. The largest absolute Gasteiger partial charge is 0.328 e. The molecule has 1 amide bonds. The van der Waals surface area contributed by atoms with Crippen LogP contribution in [-0.2, 0) is 16.0 Å². The molecule has 0 aliphatic carbocycles. The van der Waals surface area contributed by atoms with Crippen LogP contribution in [0.1, 0.15) is 29.0 Å². The van der Waals surface area contributed by atoms with Crippen LogP contribution < -0.4 is 0 Å². The van der Waals surface area contributed by atoms with E-state index in [4.69, 9.17) is 34.0 Å². The molecule has 2 saturated heterocycles. The number of rotatable bonds is 4.